The minimum Gasteiger partial charge on any atom is -0.348 e. The van der Waals surface area contributed by atoms with Gasteiger partial charge in [0.25, 0.3) is 0 Å². The molecule has 0 amide bonds. The second-order valence-corrected chi connectivity index (χ2v) is 9.98. The number of anilines is 1. The fourth-order valence-electron chi connectivity index (χ4n) is 5.09. The molecule has 6 rings (SSSR count). The molecule has 3 nitrogen and oxygen atoms in total. The third kappa shape index (κ3) is 3.78. The zero-order valence-electron chi connectivity index (χ0n) is 19.4. The van der Waals surface area contributed by atoms with Gasteiger partial charge in [0.2, 0.25) is 11.4 Å². The van der Waals surface area contributed by atoms with Crippen LogP contribution >= 0.6 is 11.3 Å². The maximum Gasteiger partial charge on any atom is 0.220 e. The summed E-state index contributed by atoms with van der Waals surface area (Å²) in [5, 5.41) is 1.14. The molecule has 3 heterocycles. The molecule has 0 bridgehead atoms. The molecule has 0 aliphatic carbocycles. The zero-order chi connectivity index (χ0) is 22.9. The molecule has 2 aliphatic rings. The van der Waals surface area contributed by atoms with E-state index in [4.69, 9.17) is 4.98 Å². The largest absolute Gasteiger partial charge is 0.348 e. The van der Waals surface area contributed by atoms with Crippen molar-refractivity contribution in [1.82, 2.24) is 4.98 Å². The van der Waals surface area contributed by atoms with E-state index in [0.717, 1.165) is 23.9 Å². The number of aromatic nitrogens is 1. The van der Waals surface area contributed by atoms with Crippen LogP contribution in [0, 0.1) is 0 Å². The first-order valence-corrected chi connectivity index (χ1v) is 12.9. The number of allylic oxidation sites excluding steroid dienone is 1. The Bertz CT molecular complexity index is 1380. The number of hydrogen-bond donors (Lipinski definition) is 0. The van der Waals surface area contributed by atoms with Crippen molar-refractivity contribution < 1.29 is 4.58 Å². The van der Waals surface area contributed by atoms with E-state index in [1.165, 1.54) is 57.8 Å². The Labute approximate surface area is 205 Å². The standard InChI is InChI=1S/C30H28N3S/c1-32-26-18-10-9-17-24(26)25(29(32)23-15-7-3-8-16-23)21-27-28(22-13-5-2-6-14-22)31-30(34-27)33-19-11-4-12-20-33/h2-3,5-10,13-18,21H,4,11-12,19-20H2,1H3/q+1. The summed E-state index contributed by atoms with van der Waals surface area (Å²) >= 11 is 1.83. The van der Waals surface area contributed by atoms with Gasteiger partial charge in [0, 0.05) is 30.3 Å². The molecule has 4 heteroatoms. The summed E-state index contributed by atoms with van der Waals surface area (Å²) in [4.78, 5) is 8.89. The van der Waals surface area contributed by atoms with Crippen molar-refractivity contribution in [1.29, 1.82) is 0 Å². The maximum absolute atomic E-state index is 5.20. The van der Waals surface area contributed by atoms with Gasteiger partial charge in [0.1, 0.15) is 7.05 Å². The van der Waals surface area contributed by atoms with Gasteiger partial charge in [0.05, 0.1) is 21.7 Å². The van der Waals surface area contributed by atoms with Crippen molar-refractivity contribution in [2.75, 3.05) is 25.0 Å². The first-order valence-electron chi connectivity index (χ1n) is 12.1. The van der Waals surface area contributed by atoms with Crippen LogP contribution in [0.15, 0.2) is 84.9 Å². The summed E-state index contributed by atoms with van der Waals surface area (Å²) < 4.78 is 2.32. The van der Waals surface area contributed by atoms with Crippen LogP contribution in [0.3, 0.4) is 0 Å². The first kappa shape index (κ1) is 21.1. The molecular weight excluding hydrogens is 434 g/mol. The molecule has 0 saturated carbocycles. The highest BCUT2D eigenvalue weighted by molar-refractivity contribution is 7.17. The fourth-order valence-corrected chi connectivity index (χ4v) is 6.17. The normalized spacial score (nSPS) is 16.9. The van der Waals surface area contributed by atoms with Gasteiger partial charge < -0.3 is 4.90 Å². The van der Waals surface area contributed by atoms with Crippen LogP contribution in [0.25, 0.3) is 22.9 Å². The molecule has 1 fully saturated rings. The number of benzene rings is 3. The Morgan fingerprint density at radius 3 is 2.18 bits per heavy atom. The number of hydrogen-bond acceptors (Lipinski definition) is 3. The summed E-state index contributed by atoms with van der Waals surface area (Å²) in [6.07, 6.45) is 6.20. The minimum atomic E-state index is 1.08. The van der Waals surface area contributed by atoms with Gasteiger partial charge in [-0.05, 0) is 43.5 Å². The number of para-hydroxylation sites is 1. The molecule has 3 aromatic carbocycles. The van der Waals surface area contributed by atoms with Gasteiger partial charge in [-0.15, -0.1) is 0 Å². The summed E-state index contributed by atoms with van der Waals surface area (Å²) in [5.74, 6) is 0. The summed E-state index contributed by atoms with van der Waals surface area (Å²) in [6.45, 7) is 2.20. The highest BCUT2D eigenvalue weighted by atomic mass is 32.1. The van der Waals surface area contributed by atoms with Crippen LogP contribution < -0.4 is 4.90 Å². The van der Waals surface area contributed by atoms with Crippen LogP contribution in [0.4, 0.5) is 10.8 Å². The number of fused-ring (bicyclic) bond motifs is 1. The smallest absolute Gasteiger partial charge is 0.220 e. The van der Waals surface area contributed by atoms with Gasteiger partial charge in [-0.1, -0.05) is 72.0 Å². The van der Waals surface area contributed by atoms with E-state index in [9.17, 15) is 0 Å². The number of rotatable bonds is 4. The predicted octanol–water partition coefficient (Wildman–Crippen LogP) is 7.12. The van der Waals surface area contributed by atoms with Crippen LogP contribution in [0.2, 0.25) is 0 Å². The molecule has 0 unspecified atom stereocenters. The van der Waals surface area contributed by atoms with Gasteiger partial charge in [-0.2, -0.15) is 4.58 Å². The average Bonchev–Trinajstić information content (AvgIpc) is 3.45. The molecule has 1 saturated heterocycles. The SMILES string of the molecule is C[N+]1=C(c2ccccc2)C(=Cc2sc(N3CCCCC3)nc2-c2ccccc2)c2ccccc21. The van der Waals surface area contributed by atoms with Gasteiger partial charge >= 0.3 is 0 Å². The highest BCUT2D eigenvalue weighted by Gasteiger charge is 2.33. The number of thiazole rings is 1. The summed E-state index contributed by atoms with van der Waals surface area (Å²) in [7, 11) is 2.17. The van der Waals surface area contributed by atoms with Crippen LogP contribution in [-0.4, -0.2) is 35.4 Å². The molecule has 1 aromatic heterocycles. The molecule has 0 atom stereocenters. The van der Waals surface area contributed by atoms with Crippen LogP contribution in [0.1, 0.15) is 35.3 Å². The van der Waals surface area contributed by atoms with E-state index < -0.39 is 0 Å². The summed E-state index contributed by atoms with van der Waals surface area (Å²) in [6, 6.07) is 30.1. The third-order valence-electron chi connectivity index (χ3n) is 6.78. The third-order valence-corrected chi connectivity index (χ3v) is 7.85. The average molecular weight is 463 g/mol. The number of nitrogens with zero attached hydrogens (tertiary/aromatic N) is 3. The summed E-state index contributed by atoms with van der Waals surface area (Å²) in [5.41, 5.74) is 8.51. The maximum atomic E-state index is 5.20. The van der Waals surface area contributed by atoms with Crippen molar-refractivity contribution in [2.45, 2.75) is 19.3 Å². The van der Waals surface area contributed by atoms with Crippen molar-refractivity contribution in [3.05, 3.63) is 101 Å². The highest BCUT2D eigenvalue weighted by Crippen LogP contribution is 2.41. The lowest BCUT2D eigenvalue weighted by Crippen LogP contribution is -2.29. The van der Waals surface area contributed by atoms with Gasteiger partial charge in [0.15, 0.2) is 5.13 Å². The van der Waals surface area contributed by atoms with Gasteiger partial charge in [-0.3, -0.25) is 0 Å². The number of piperidine rings is 1. The van der Waals surface area contributed by atoms with Crippen molar-refractivity contribution in [3.63, 3.8) is 0 Å². The molecule has 0 spiro atoms. The van der Waals surface area contributed by atoms with Crippen molar-refractivity contribution in [2.24, 2.45) is 0 Å². The molecule has 168 valence electrons. The predicted molar refractivity (Wildman–Crippen MR) is 144 cm³/mol. The second kappa shape index (κ2) is 9.03. The zero-order valence-corrected chi connectivity index (χ0v) is 20.3. The van der Waals surface area contributed by atoms with E-state index in [2.05, 4.69) is 108 Å². The quantitative estimate of drug-likeness (QED) is 0.301. The van der Waals surface area contributed by atoms with Gasteiger partial charge in [-0.25, -0.2) is 4.98 Å². The van der Waals surface area contributed by atoms with Crippen LogP contribution in [-0.2, 0) is 0 Å². The molecule has 2 aliphatic heterocycles. The van der Waals surface area contributed by atoms with E-state index >= 15 is 0 Å². The van der Waals surface area contributed by atoms with Crippen molar-refractivity contribution in [3.8, 4) is 11.3 Å². The van der Waals surface area contributed by atoms with Crippen LogP contribution in [0.5, 0.6) is 0 Å². The Kier molecular flexibility index (Phi) is 5.60. The monoisotopic (exact) mass is 462 g/mol. The fraction of sp³-hybridized carbons (Fsp3) is 0.200. The Hall–Kier alpha value is -3.50. The lowest BCUT2D eigenvalue weighted by atomic mass is 9.96. The second-order valence-electron chi connectivity index (χ2n) is 8.97. The van der Waals surface area contributed by atoms with E-state index in [1.807, 2.05) is 11.3 Å². The Morgan fingerprint density at radius 2 is 1.44 bits per heavy atom. The molecule has 0 N–H and O–H groups in total. The minimum absolute atomic E-state index is 1.08. The van der Waals surface area contributed by atoms with Crippen molar-refractivity contribution >= 4 is 39.5 Å². The lowest BCUT2D eigenvalue weighted by Gasteiger charge is -2.25. The Morgan fingerprint density at radius 1 is 0.794 bits per heavy atom. The lowest BCUT2D eigenvalue weighted by molar-refractivity contribution is -0.400. The molecular formula is C30H28N3S+. The topological polar surface area (TPSA) is 19.1 Å². The molecule has 4 aromatic rings. The van der Waals surface area contributed by atoms with E-state index in [-0.39, 0.29) is 0 Å². The first-order chi connectivity index (χ1) is 16.8. The van der Waals surface area contributed by atoms with E-state index in [0.29, 0.717) is 0 Å². The van der Waals surface area contributed by atoms with E-state index in [1.54, 1.807) is 0 Å². The molecule has 34 heavy (non-hydrogen) atoms. The Balaban J connectivity index is 1.54. The molecule has 0 radical (unpaired) electrons.